The van der Waals surface area contributed by atoms with E-state index in [1.807, 2.05) is 45.9 Å². The van der Waals surface area contributed by atoms with E-state index in [4.69, 9.17) is 0 Å². The molecule has 1 heterocycles. The molecule has 0 spiro atoms. The third kappa shape index (κ3) is 4.52. The van der Waals surface area contributed by atoms with Crippen LogP contribution in [0.25, 0.3) is 0 Å². The minimum absolute atomic E-state index is 0.153. The summed E-state index contributed by atoms with van der Waals surface area (Å²) < 4.78 is 27.5. The van der Waals surface area contributed by atoms with Crippen molar-refractivity contribution in [3.05, 3.63) is 53.1 Å². The van der Waals surface area contributed by atoms with E-state index in [0.717, 1.165) is 48.4 Å². The van der Waals surface area contributed by atoms with Crippen molar-refractivity contribution >= 4 is 27.3 Å². The Morgan fingerprint density at radius 2 is 1.70 bits per heavy atom. The summed E-state index contributed by atoms with van der Waals surface area (Å²) in [5, 5.41) is 2.98. The molecule has 1 N–H and O–H groups in total. The molecule has 1 amide bonds. The quantitative estimate of drug-likeness (QED) is 0.717. The first kappa shape index (κ1) is 22.3. The van der Waals surface area contributed by atoms with Crippen molar-refractivity contribution < 1.29 is 13.2 Å². The molecule has 3 rings (SSSR count). The van der Waals surface area contributed by atoms with Gasteiger partial charge in [0.25, 0.3) is 5.91 Å². The first-order chi connectivity index (χ1) is 14.3. The number of sulfonamides is 1. The van der Waals surface area contributed by atoms with E-state index >= 15 is 0 Å². The van der Waals surface area contributed by atoms with Crippen LogP contribution in [0, 0.1) is 13.8 Å². The van der Waals surface area contributed by atoms with E-state index in [1.54, 1.807) is 12.1 Å². The Kier molecular flexibility index (Phi) is 6.83. The number of amides is 1. The van der Waals surface area contributed by atoms with E-state index in [0.29, 0.717) is 18.7 Å². The summed E-state index contributed by atoms with van der Waals surface area (Å²) in [4.78, 5) is 15.6. The highest BCUT2D eigenvalue weighted by molar-refractivity contribution is 7.89. The number of benzene rings is 2. The second-order valence-electron chi connectivity index (χ2n) is 7.73. The summed E-state index contributed by atoms with van der Waals surface area (Å²) in [7, 11) is -3.65. The van der Waals surface area contributed by atoms with Gasteiger partial charge in [-0.1, -0.05) is 31.5 Å². The Hall–Kier alpha value is -2.38. The van der Waals surface area contributed by atoms with Crippen LogP contribution in [-0.4, -0.2) is 44.8 Å². The van der Waals surface area contributed by atoms with Crippen molar-refractivity contribution in [2.24, 2.45) is 0 Å². The lowest BCUT2D eigenvalue weighted by Crippen LogP contribution is -2.31. The largest absolute Gasteiger partial charge is 0.371 e. The van der Waals surface area contributed by atoms with E-state index in [2.05, 4.69) is 10.2 Å². The molecule has 162 valence electrons. The summed E-state index contributed by atoms with van der Waals surface area (Å²) in [5.41, 5.74) is 4.00. The van der Waals surface area contributed by atoms with E-state index in [1.165, 1.54) is 10.4 Å². The fourth-order valence-corrected chi connectivity index (χ4v) is 5.43. The van der Waals surface area contributed by atoms with Gasteiger partial charge in [-0.2, -0.15) is 4.31 Å². The highest BCUT2D eigenvalue weighted by Crippen LogP contribution is 2.29. The van der Waals surface area contributed by atoms with Crippen LogP contribution in [0.3, 0.4) is 0 Å². The number of carbonyl (C=O) groups is 1. The average molecular weight is 430 g/mol. The van der Waals surface area contributed by atoms with Crippen molar-refractivity contribution in [1.29, 1.82) is 0 Å². The maximum atomic E-state index is 13.3. The molecule has 1 saturated heterocycles. The highest BCUT2D eigenvalue weighted by Gasteiger charge is 2.26. The topological polar surface area (TPSA) is 69.7 Å². The number of nitrogens with one attached hydrogen (secondary N) is 1. The van der Waals surface area contributed by atoms with Crippen molar-refractivity contribution in [1.82, 2.24) is 4.31 Å². The van der Waals surface area contributed by atoms with Crippen LogP contribution >= 0.6 is 0 Å². The molecule has 0 aliphatic carbocycles. The lowest BCUT2D eigenvalue weighted by molar-refractivity contribution is 0.102. The maximum absolute atomic E-state index is 13.3. The fourth-order valence-electron chi connectivity index (χ4n) is 3.95. The minimum atomic E-state index is -3.65. The van der Waals surface area contributed by atoms with Gasteiger partial charge in [0.2, 0.25) is 10.0 Å². The van der Waals surface area contributed by atoms with Gasteiger partial charge in [0.1, 0.15) is 0 Å². The van der Waals surface area contributed by atoms with Crippen LogP contribution < -0.4 is 10.2 Å². The van der Waals surface area contributed by atoms with Gasteiger partial charge in [0.05, 0.1) is 10.5 Å². The molecule has 7 heteroatoms. The van der Waals surface area contributed by atoms with E-state index in [-0.39, 0.29) is 10.8 Å². The molecule has 0 saturated carbocycles. The van der Waals surface area contributed by atoms with Crippen LogP contribution in [0.15, 0.2) is 41.3 Å². The minimum Gasteiger partial charge on any atom is -0.371 e. The zero-order chi connectivity index (χ0) is 21.9. The average Bonchev–Trinajstić information content (AvgIpc) is 3.25. The SMILES string of the molecule is CCN(CC)S(=O)(=O)c1ccc(N2CCCC2)c(C(=O)Nc2ccc(C)cc2C)c1. The molecule has 2 aromatic rings. The Morgan fingerprint density at radius 3 is 2.30 bits per heavy atom. The second-order valence-corrected chi connectivity index (χ2v) is 9.67. The molecule has 30 heavy (non-hydrogen) atoms. The lowest BCUT2D eigenvalue weighted by atomic mass is 10.1. The zero-order valence-electron chi connectivity index (χ0n) is 18.2. The molecule has 2 aromatic carbocycles. The normalized spacial score (nSPS) is 14.4. The van der Waals surface area contributed by atoms with Gasteiger partial charge < -0.3 is 10.2 Å². The summed E-state index contributed by atoms with van der Waals surface area (Å²) in [6, 6.07) is 10.8. The molecular weight excluding hydrogens is 398 g/mol. The number of anilines is 2. The number of hydrogen-bond donors (Lipinski definition) is 1. The van der Waals surface area contributed by atoms with Crippen molar-refractivity contribution in [3.8, 4) is 0 Å². The molecule has 0 aromatic heterocycles. The monoisotopic (exact) mass is 429 g/mol. The van der Waals surface area contributed by atoms with E-state index < -0.39 is 10.0 Å². The standard InChI is InChI=1S/C23H31N3O3S/c1-5-26(6-2)30(28,29)19-10-12-22(25-13-7-8-14-25)20(16-19)23(27)24-21-11-9-17(3)15-18(21)4/h9-12,15-16H,5-8,13-14H2,1-4H3,(H,24,27). The Labute approximate surface area is 179 Å². The van der Waals surface area contributed by atoms with Crippen LogP contribution in [0.5, 0.6) is 0 Å². The third-order valence-corrected chi connectivity index (χ3v) is 7.68. The highest BCUT2D eigenvalue weighted by atomic mass is 32.2. The van der Waals surface area contributed by atoms with Gasteiger partial charge in [-0.05, 0) is 56.5 Å². The first-order valence-electron chi connectivity index (χ1n) is 10.6. The third-order valence-electron chi connectivity index (χ3n) is 5.63. The summed E-state index contributed by atoms with van der Waals surface area (Å²) in [6.45, 7) is 10.1. The molecule has 0 bridgehead atoms. The Morgan fingerprint density at radius 1 is 1.03 bits per heavy atom. The van der Waals surface area contributed by atoms with E-state index in [9.17, 15) is 13.2 Å². The van der Waals surface area contributed by atoms with Gasteiger partial charge in [-0.25, -0.2) is 8.42 Å². The van der Waals surface area contributed by atoms with Crippen LogP contribution in [0.1, 0.15) is 48.2 Å². The second kappa shape index (κ2) is 9.18. The van der Waals surface area contributed by atoms with Gasteiger partial charge in [-0.15, -0.1) is 0 Å². The zero-order valence-corrected chi connectivity index (χ0v) is 19.1. The van der Waals surface area contributed by atoms with Gasteiger partial charge >= 0.3 is 0 Å². The van der Waals surface area contributed by atoms with Crippen molar-refractivity contribution in [3.63, 3.8) is 0 Å². The smallest absolute Gasteiger partial charge is 0.257 e. The molecule has 6 nitrogen and oxygen atoms in total. The first-order valence-corrected chi connectivity index (χ1v) is 12.0. The summed E-state index contributed by atoms with van der Waals surface area (Å²) >= 11 is 0. The maximum Gasteiger partial charge on any atom is 0.257 e. The van der Waals surface area contributed by atoms with Crippen LogP contribution in [-0.2, 0) is 10.0 Å². The Bertz CT molecular complexity index is 1020. The van der Waals surface area contributed by atoms with Crippen LogP contribution in [0.4, 0.5) is 11.4 Å². The van der Waals surface area contributed by atoms with Crippen molar-refractivity contribution in [2.45, 2.75) is 45.4 Å². The number of aryl methyl sites for hydroxylation is 2. The van der Waals surface area contributed by atoms with Gasteiger partial charge in [0, 0.05) is 37.6 Å². The molecule has 1 aliphatic rings. The predicted molar refractivity (Wildman–Crippen MR) is 122 cm³/mol. The molecule has 1 aliphatic heterocycles. The predicted octanol–water partition coefficient (Wildman–Crippen LogP) is 4.19. The molecule has 0 unspecified atom stereocenters. The van der Waals surface area contributed by atoms with Gasteiger partial charge in [0.15, 0.2) is 0 Å². The Balaban J connectivity index is 2.03. The molecule has 0 atom stereocenters. The fraction of sp³-hybridized carbons (Fsp3) is 0.435. The van der Waals surface area contributed by atoms with Crippen molar-refractivity contribution in [2.75, 3.05) is 36.4 Å². The van der Waals surface area contributed by atoms with Gasteiger partial charge in [-0.3, -0.25) is 4.79 Å². The number of nitrogens with zero attached hydrogens (tertiary/aromatic N) is 2. The number of hydrogen-bond acceptors (Lipinski definition) is 4. The number of rotatable bonds is 7. The van der Waals surface area contributed by atoms with Crippen LogP contribution in [0.2, 0.25) is 0 Å². The lowest BCUT2D eigenvalue weighted by Gasteiger charge is -2.23. The molecule has 1 fully saturated rings. The molecular formula is C23H31N3O3S. The summed E-state index contributed by atoms with van der Waals surface area (Å²) in [5.74, 6) is -0.291. The summed E-state index contributed by atoms with van der Waals surface area (Å²) in [6.07, 6.45) is 2.13. The number of carbonyl (C=O) groups excluding carboxylic acids is 1. The molecule has 0 radical (unpaired) electrons.